The van der Waals surface area contributed by atoms with Crippen molar-refractivity contribution in [1.29, 1.82) is 0 Å². The topological polar surface area (TPSA) is 26.0 Å². The third-order valence-corrected chi connectivity index (χ3v) is 3.74. The van der Waals surface area contributed by atoms with Crippen molar-refractivity contribution in [3.63, 3.8) is 0 Å². The van der Waals surface area contributed by atoms with E-state index in [0.717, 1.165) is 0 Å². The fourth-order valence-electron chi connectivity index (χ4n) is 2.26. The molecule has 2 unspecified atom stereocenters. The number of thioether (sulfide) groups is 1. The lowest BCUT2D eigenvalue weighted by Gasteiger charge is -2.14. The molecule has 2 atom stereocenters. The molecule has 2 rings (SSSR count). The van der Waals surface area contributed by atoms with Gasteiger partial charge in [0.1, 0.15) is 0 Å². The average Bonchev–Trinajstić information content (AvgIpc) is 2.54. The van der Waals surface area contributed by atoms with Gasteiger partial charge in [0.15, 0.2) is 0 Å². The highest BCUT2D eigenvalue weighted by molar-refractivity contribution is 7.98. The summed E-state index contributed by atoms with van der Waals surface area (Å²) in [5, 5.41) is 0. The molecule has 0 aliphatic heterocycles. The van der Waals surface area contributed by atoms with Crippen LogP contribution in [0.25, 0.3) is 0 Å². The number of benzene rings is 1. The third-order valence-electron chi connectivity index (χ3n) is 3.10. The molecule has 0 bridgehead atoms. The van der Waals surface area contributed by atoms with E-state index in [2.05, 4.69) is 30.5 Å². The van der Waals surface area contributed by atoms with Crippen LogP contribution in [-0.4, -0.2) is 12.0 Å². The first-order valence-corrected chi connectivity index (χ1v) is 6.54. The van der Waals surface area contributed by atoms with Crippen LogP contribution in [0.1, 0.15) is 23.6 Å². The maximum Gasteiger partial charge on any atom is 0.0329 e. The highest BCUT2D eigenvalue weighted by Crippen LogP contribution is 2.36. The molecule has 0 aromatic heterocycles. The Balaban J connectivity index is 2.09. The predicted molar refractivity (Wildman–Crippen MR) is 63.6 cm³/mol. The van der Waals surface area contributed by atoms with Gasteiger partial charge >= 0.3 is 0 Å². The van der Waals surface area contributed by atoms with Gasteiger partial charge in [0.05, 0.1) is 0 Å². The molecule has 0 saturated heterocycles. The van der Waals surface area contributed by atoms with Crippen molar-refractivity contribution in [2.45, 2.75) is 18.9 Å². The fraction of sp³-hybridized carbons (Fsp3) is 0.500. The minimum Gasteiger partial charge on any atom is -0.324 e. The summed E-state index contributed by atoms with van der Waals surface area (Å²) in [6.07, 6.45) is 4.59. The number of rotatable bonds is 3. The smallest absolute Gasteiger partial charge is 0.0329 e. The van der Waals surface area contributed by atoms with E-state index < -0.39 is 0 Å². The van der Waals surface area contributed by atoms with Crippen molar-refractivity contribution in [3.8, 4) is 0 Å². The molecule has 0 amide bonds. The summed E-state index contributed by atoms with van der Waals surface area (Å²) in [7, 11) is 0. The van der Waals surface area contributed by atoms with Crippen LogP contribution in [0.4, 0.5) is 0 Å². The number of fused-ring (bicyclic) bond motifs is 1. The first-order chi connectivity index (χ1) is 6.83. The monoisotopic (exact) mass is 207 g/mol. The van der Waals surface area contributed by atoms with Crippen molar-refractivity contribution >= 4 is 11.8 Å². The van der Waals surface area contributed by atoms with Crippen molar-refractivity contribution < 1.29 is 0 Å². The fourth-order valence-corrected chi connectivity index (χ4v) is 2.80. The molecule has 0 saturated carbocycles. The van der Waals surface area contributed by atoms with E-state index in [1.165, 1.54) is 29.7 Å². The van der Waals surface area contributed by atoms with E-state index in [9.17, 15) is 0 Å². The zero-order valence-electron chi connectivity index (χ0n) is 8.57. The molecule has 0 heterocycles. The van der Waals surface area contributed by atoms with Crippen LogP contribution < -0.4 is 5.73 Å². The van der Waals surface area contributed by atoms with Crippen LogP contribution >= 0.6 is 11.8 Å². The first kappa shape index (κ1) is 10.1. The quantitative estimate of drug-likeness (QED) is 0.824. The van der Waals surface area contributed by atoms with E-state index >= 15 is 0 Å². The van der Waals surface area contributed by atoms with Crippen molar-refractivity contribution in [3.05, 3.63) is 35.4 Å². The summed E-state index contributed by atoms with van der Waals surface area (Å²) in [6, 6.07) is 8.88. The maximum atomic E-state index is 6.22. The Hall–Kier alpha value is -0.470. The molecule has 1 aliphatic carbocycles. The van der Waals surface area contributed by atoms with E-state index in [4.69, 9.17) is 5.73 Å². The number of nitrogens with two attached hydrogens (primary N) is 1. The highest BCUT2D eigenvalue weighted by Gasteiger charge is 2.28. The van der Waals surface area contributed by atoms with Crippen LogP contribution in [0, 0.1) is 5.92 Å². The Bertz CT molecular complexity index is 311. The Morgan fingerprint density at radius 1 is 1.43 bits per heavy atom. The zero-order valence-corrected chi connectivity index (χ0v) is 9.39. The Morgan fingerprint density at radius 2 is 2.21 bits per heavy atom. The molecular weight excluding hydrogens is 190 g/mol. The van der Waals surface area contributed by atoms with Gasteiger partial charge in [-0.25, -0.2) is 0 Å². The lowest BCUT2D eigenvalue weighted by molar-refractivity contribution is 0.456. The molecule has 2 heteroatoms. The van der Waals surface area contributed by atoms with Gasteiger partial charge in [0, 0.05) is 6.04 Å². The van der Waals surface area contributed by atoms with Gasteiger partial charge in [0.2, 0.25) is 0 Å². The standard InChI is InChI=1S/C12H17NS/c1-14-7-6-10-8-9-4-2-3-5-11(9)12(10)13/h2-5,10,12H,6-8,13H2,1H3. The first-order valence-electron chi connectivity index (χ1n) is 5.15. The Kier molecular flexibility index (Phi) is 3.14. The van der Waals surface area contributed by atoms with E-state index in [-0.39, 0.29) is 6.04 Å². The Labute approximate surface area is 90.1 Å². The van der Waals surface area contributed by atoms with E-state index in [1.807, 2.05) is 11.8 Å². The summed E-state index contributed by atoms with van der Waals surface area (Å²) < 4.78 is 0. The molecule has 0 spiro atoms. The zero-order chi connectivity index (χ0) is 9.97. The van der Waals surface area contributed by atoms with Gasteiger partial charge in [-0.05, 0) is 41.9 Å². The molecule has 76 valence electrons. The molecular formula is C12H17NS. The molecule has 1 aliphatic rings. The minimum absolute atomic E-state index is 0.276. The van der Waals surface area contributed by atoms with Crippen LogP contribution in [0.2, 0.25) is 0 Å². The minimum atomic E-state index is 0.276. The summed E-state index contributed by atoms with van der Waals surface area (Å²) in [6.45, 7) is 0. The van der Waals surface area contributed by atoms with Crippen LogP contribution in [0.5, 0.6) is 0 Å². The lowest BCUT2D eigenvalue weighted by atomic mass is 9.99. The van der Waals surface area contributed by atoms with Gasteiger partial charge in [-0.3, -0.25) is 0 Å². The Morgan fingerprint density at radius 3 is 2.93 bits per heavy atom. The summed E-state index contributed by atoms with van der Waals surface area (Å²) >= 11 is 1.91. The molecule has 1 nitrogen and oxygen atoms in total. The second-order valence-corrected chi connectivity index (χ2v) is 4.96. The predicted octanol–water partition coefficient (Wildman–Crippen LogP) is 2.61. The maximum absolute atomic E-state index is 6.22. The van der Waals surface area contributed by atoms with Crippen LogP contribution in [0.15, 0.2) is 24.3 Å². The van der Waals surface area contributed by atoms with Gasteiger partial charge in [-0.2, -0.15) is 11.8 Å². The van der Waals surface area contributed by atoms with E-state index in [0.29, 0.717) is 5.92 Å². The molecule has 0 fully saturated rings. The van der Waals surface area contributed by atoms with Crippen molar-refractivity contribution in [2.75, 3.05) is 12.0 Å². The van der Waals surface area contributed by atoms with Gasteiger partial charge < -0.3 is 5.73 Å². The molecule has 0 radical (unpaired) electrons. The van der Waals surface area contributed by atoms with Gasteiger partial charge in [-0.15, -0.1) is 0 Å². The molecule has 1 aromatic rings. The van der Waals surface area contributed by atoms with Crippen molar-refractivity contribution in [1.82, 2.24) is 0 Å². The normalized spacial score (nSPS) is 25.0. The summed E-state index contributed by atoms with van der Waals surface area (Å²) in [5.41, 5.74) is 9.06. The SMILES string of the molecule is CSCCC1Cc2ccccc2C1N. The summed E-state index contributed by atoms with van der Waals surface area (Å²) in [4.78, 5) is 0. The summed E-state index contributed by atoms with van der Waals surface area (Å²) in [5.74, 6) is 1.90. The molecule has 14 heavy (non-hydrogen) atoms. The van der Waals surface area contributed by atoms with Crippen LogP contribution in [-0.2, 0) is 6.42 Å². The van der Waals surface area contributed by atoms with Crippen LogP contribution in [0.3, 0.4) is 0 Å². The second-order valence-electron chi connectivity index (χ2n) is 3.97. The lowest BCUT2D eigenvalue weighted by Crippen LogP contribution is -2.17. The molecule has 1 aromatic carbocycles. The van der Waals surface area contributed by atoms with Gasteiger partial charge in [-0.1, -0.05) is 24.3 Å². The number of hydrogen-bond acceptors (Lipinski definition) is 2. The number of hydrogen-bond donors (Lipinski definition) is 1. The average molecular weight is 207 g/mol. The molecule has 2 N–H and O–H groups in total. The van der Waals surface area contributed by atoms with Crippen molar-refractivity contribution in [2.24, 2.45) is 11.7 Å². The van der Waals surface area contributed by atoms with Gasteiger partial charge in [0.25, 0.3) is 0 Å². The second kappa shape index (κ2) is 4.37. The third kappa shape index (κ3) is 1.82. The largest absolute Gasteiger partial charge is 0.324 e. The highest BCUT2D eigenvalue weighted by atomic mass is 32.2. The van der Waals surface area contributed by atoms with E-state index in [1.54, 1.807) is 0 Å².